The van der Waals surface area contributed by atoms with Crippen molar-refractivity contribution in [3.8, 4) is 11.5 Å². The maximum absolute atomic E-state index is 12.1. The van der Waals surface area contributed by atoms with E-state index in [2.05, 4.69) is 10.6 Å². The lowest BCUT2D eigenvalue weighted by molar-refractivity contribution is -0.133. The molecule has 0 saturated heterocycles. The van der Waals surface area contributed by atoms with Gasteiger partial charge in [-0.3, -0.25) is 9.59 Å². The molecule has 1 aromatic rings. The summed E-state index contributed by atoms with van der Waals surface area (Å²) in [7, 11) is 0. The van der Waals surface area contributed by atoms with Gasteiger partial charge in [-0.25, -0.2) is 0 Å². The molecule has 0 fully saturated rings. The molecule has 1 unspecified atom stereocenters. The van der Waals surface area contributed by atoms with Gasteiger partial charge < -0.3 is 20.1 Å². The number of rotatable bonds is 5. The minimum Gasteiger partial charge on any atom is -0.486 e. The van der Waals surface area contributed by atoms with Gasteiger partial charge in [0, 0.05) is 12.0 Å². The molecule has 6 nitrogen and oxygen atoms in total. The van der Waals surface area contributed by atoms with Gasteiger partial charge in [-0.1, -0.05) is 32.4 Å². The molecule has 1 aliphatic heterocycles. The quantitative estimate of drug-likeness (QED) is 0.836. The summed E-state index contributed by atoms with van der Waals surface area (Å²) in [4.78, 5) is 24.0. The second-order valence-electron chi connectivity index (χ2n) is 7.09. The van der Waals surface area contributed by atoms with Crippen LogP contribution in [0.2, 0.25) is 5.02 Å². The minimum absolute atomic E-state index is 0.159. The Morgan fingerprint density at radius 3 is 2.60 bits per heavy atom. The van der Waals surface area contributed by atoms with Crippen molar-refractivity contribution in [1.29, 1.82) is 0 Å². The van der Waals surface area contributed by atoms with E-state index >= 15 is 0 Å². The van der Waals surface area contributed by atoms with Gasteiger partial charge in [0.25, 0.3) is 0 Å². The summed E-state index contributed by atoms with van der Waals surface area (Å²) < 4.78 is 11.0. The molecule has 0 saturated carbocycles. The fourth-order valence-electron chi connectivity index (χ4n) is 2.27. The van der Waals surface area contributed by atoms with Crippen LogP contribution in [-0.2, 0) is 16.0 Å². The van der Waals surface area contributed by atoms with E-state index in [1.807, 2.05) is 12.1 Å². The molecule has 2 rings (SSSR count). The number of carbonyl (C=O) groups is 2. The number of carbonyl (C=O) groups excluding carboxylic acids is 2. The van der Waals surface area contributed by atoms with Crippen LogP contribution >= 0.6 is 11.6 Å². The highest BCUT2D eigenvalue weighted by molar-refractivity contribution is 6.32. The molecule has 2 amide bonds. The summed E-state index contributed by atoms with van der Waals surface area (Å²) >= 11 is 6.20. The standard InChI is InChI=1S/C18H25ClN2O4/c1-11(21-17(23)18(2,3)4)16(22)20-6-5-12-9-13(19)15-14(10-12)24-7-8-25-15/h9-11H,5-8H2,1-4H3,(H,20,22)(H,21,23). The van der Waals surface area contributed by atoms with Crippen molar-refractivity contribution in [2.45, 2.75) is 40.2 Å². The molecule has 1 aliphatic rings. The maximum atomic E-state index is 12.1. The first-order valence-electron chi connectivity index (χ1n) is 8.35. The SMILES string of the molecule is CC(NC(=O)C(C)(C)C)C(=O)NCCc1cc(Cl)c2c(c1)OCCO2. The highest BCUT2D eigenvalue weighted by atomic mass is 35.5. The van der Waals surface area contributed by atoms with Gasteiger partial charge in [-0.2, -0.15) is 0 Å². The van der Waals surface area contributed by atoms with E-state index in [-0.39, 0.29) is 11.8 Å². The first-order chi connectivity index (χ1) is 11.7. The van der Waals surface area contributed by atoms with E-state index in [0.29, 0.717) is 42.7 Å². The Morgan fingerprint density at radius 2 is 1.92 bits per heavy atom. The topological polar surface area (TPSA) is 76.7 Å². The van der Waals surface area contributed by atoms with Crippen molar-refractivity contribution in [3.05, 3.63) is 22.7 Å². The molecular weight excluding hydrogens is 344 g/mol. The Hall–Kier alpha value is -1.95. The number of benzene rings is 1. The molecule has 0 spiro atoms. The number of nitrogens with one attached hydrogen (secondary N) is 2. The third kappa shape index (κ3) is 5.26. The number of hydrogen-bond donors (Lipinski definition) is 2. The molecule has 1 atom stereocenters. The second kappa shape index (κ2) is 7.95. The highest BCUT2D eigenvalue weighted by Crippen LogP contribution is 2.38. The Labute approximate surface area is 153 Å². The lowest BCUT2D eigenvalue weighted by atomic mass is 9.95. The molecule has 7 heteroatoms. The van der Waals surface area contributed by atoms with Crippen LogP contribution in [0.5, 0.6) is 11.5 Å². The third-order valence-corrected chi connectivity index (χ3v) is 4.07. The second-order valence-corrected chi connectivity index (χ2v) is 7.50. The lowest BCUT2D eigenvalue weighted by Gasteiger charge is -2.22. The van der Waals surface area contributed by atoms with Crippen molar-refractivity contribution in [3.63, 3.8) is 0 Å². The average Bonchev–Trinajstić information content (AvgIpc) is 2.53. The number of ether oxygens (including phenoxy) is 2. The van der Waals surface area contributed by atoms with Crippen LogP contribution < -0.4 is 20.1 Å². The minimum atomic E-state index is -0.587. The Balaban J connectivity index is 1.85. The number of hydrogen-bond acceptors (Lipinski definition) is 4. The van der Waals surface area contributed by atoms with Crippen LogP contribution in [0.15, 0.2) is 12.1 Å². The molecule has 0 radical (unpaired) electrons. The van der Waals surface area contributed by atoms with Crippen LogP contribution in [-0.4, -0.2) is 37.6 Å². The van der Waals surface area contributed by atoms with Crippen molar-refractivity contribution >= 4 is 23.4 Å². The van der Waals surface area contributed by atoms with Gasteiger partial charge in [-0.05, 0) is 31.0 Å². The van der Waals surface area contributed by atoms with Crippen LogP contribution in [0, 0.1) is 5.41 Å². The Morgan fingerprint density at radius 1 is 1.24 bits per heavy atom. The Bertz CT molecular complexity index is 655. The van der Waals surface area contributed by atoms with Crippen molar-refractivity contribution in [1.82, 2.24) is 10.6 Å². The zero-order valence-electron chi connectivity index (χ0n) is 15.1. The van der Waals surface area contributed by atoms with Crippen molar-refractivity contribution in [2.24, 2.45) is 5.41 Å². The predicted octanol–water partition coefficient (Wildman–Crippen LogP) is 2.32. The molecule has 2 N–H and O–H groups in total. The maximum Gasteiger partial charge on any atom is 0.242 e. The van der Waals surface area contributed by atoms with Gasteiger partial charge in [-0.15, -0.1) is 0 Å². The zero-order chi connectivity index (χ0) is 18.6. The van der Waals surface area contributed by atoms with Gasteiger partial charge in [0.1, 0.15) is 19.3 Å². The van der Waals surface area contributed by atoms with E-state index in [1.165, 1.54) is 0 Å². The summed E-state index contributed by atoms with van der Waals surface area (Å²) in [6, 6.07) is 3.10. The number of halogens is 1. The summed E-state index contributed by atoms with van der Waals surface area (Å²) in [6.07, 6.45) is 0.599. The molecule has 1 heterocycles. The fraction of sp³-hybridized carbons (Fsp3) is 0.556. The summed E-state index contributed by atoms with van der Waals surface area (Å²) in [5.41, 5.74) is 0.414. The summed E-state index contributed by atoms with van der Waals surface area (Å²) in [6.45, 7) is 8.50. The predicted molar refractivity (Wildman–Crippen MR) is 96.2 cm³/mol. The van der Waals surface area contributed by atoms with E-state index in [4.69, 9.17) is 21.1 Å². The zero-order valence-corrected chi connectivity index (χ0v) is 15.8. The molecule has 0 aromatic heterocycles. The highest BCUT2D eigenvalue weighted by Gasteiger charge is 2.25. The molecule has 138 valence electrons. The lowest BCUT2D eigenvalue weighted by Crippen LogP contribution is -2.48. The third-order valence-electron chi connectivity index (χ3n) is 3.79. The molecule has 1 aromatic carbocycles. The van der Waals surface area contributed by atoms with Gasteiger partial charge >= 0.3 is 0 Å². The molecule has 0 aliphatic carbocycles. The number of fused-ring (bicyclic) bond motifs is 1. The normalized spacial score (nSPS) is 14.6. The van der Waals surface area contributed by atoms with Gasteiger partial charge in [0.05, 0.1) is 5.02 Å². The van der Waals surface area contributed by atoms with E-state index in [1.54, 1.807) is 27.7 Å². The number of amides is 2. The van der Waals surface area contributed by atoms with Crippen LogP contribution in [0.25, 0.3) is 0 Å². The van der Waals surface area contributed by atoms with Gasteiger partial charge in [0.15, 0.2) is 11.5 Å². The first-order valence-corrected chi connectivity index (χ1v) is 8.73. The smallest absolute Gasteiger partial charge is 0.242 e. The molecule has 25 heavy (non-hydrogen) atoms. The summed E-state index contributed by atoms with van der Waals surface area (Å²) in [5, 5.41) is 6.03. The van der Waals surface area contributed by atoms with Crippen molar-refractivity contribution in [2.75, 3.05) is 19.8 Å². The Kier molecular flexibility index (Phi) is 6.16. The largest absolute Gasteiger partial charge is 0.486 e. The average molecular weight is 369 g/mol. The fourth-order valence-corrected chi connectivity index (χ4v) is 2.56. The summed E-state index contributed by atoms with van der Waals surface area (Å²) in [5.74, 6) is 0.820. The molecule has 0 bridgehead atoms. The molecular formula is C18H25ClN2O4. The van der Waals surface area contributed by atoms with Crippen LogP contribution in [0.1, 0.15) is 33.3 Å². The van der Waals surface area contributed by atoms with E-state index in [9.17, 15) is 9.59 Å². The first kappa shape index (κ1) is 19.4. The van der Waals surface area contributed by atoms with E-state index < -0.39 is 11.5 Å². The van der Waals surface area contributed by atoms with Crippen LogP contribution in [0.3, 0.4) is 0 Å². The van der Waals surface area contributed by atoms with Crippen LogP contribution in [0.4, 0.5) is 0 Å². The van der Waals surface area contributed by atoms with Gasteiger partial charge in [0.2, 0.25) is 11.8 Å². The monoisotopic (exact) mass is 368 g/mol. The van der Waals surface area contributed by atoms with Crippen molar-refractivity contribution < 1.29 is 19.1 Å². The van der Waals surface area contributed by atoms with E-state index in [0.717, 1.165) is 5.56 Å².